The third-order valence-electron chi connectivity index (χ3n) is 4.33. The van der Waals surface area contributed by atoms with Crippen molar-refractivity contribution in [1.29, 1.82) is 0 Å². The fourth-order valence-corrected chi connectivity index (χ4v) is 2.92. The maximum Gasteiger partial charge on any atom is 0.241 e. The number of pyridine rings is 2. The molecule has 0 amide bonds. The predicted octanol–water partition coefficient (Wildman–Crippen LogP) is 4.43. The molecular formula is C22H20N4O. The molecule has 0 radical (unpaired) electrons. The normalized spacial score (nSPS) is 10.7. The monoisotopic (exact) mass is 356 g/mol. The highest BCUT2D eigenvalue weighted by Gasteiger charge is 2.11. The third kappa shape index (κ3) is 3.87. The van der Waals surface area contributed by atoms with E-state index in [0.717, 1.165) is 27.9 Å². The van der Waals surface area contributed by atoms with E-state index in [-0.39, 0.29) is 0 Å². The van der Waals surface area contributed by atoms with E-state index >= 15 is 0 Å². The number of nitrogens with zero attached hydrogens (tertiary/aromatic N) is 4. The molecule has 134 valence electrons. The summed E-state index contributed by atoms with van der Waals surface area (Å²) in [6.45, 7) is 2.53. The van der Waals surface area contributed by atoms with Crippen LogP contribution in [0.25, 0.3) is 22.4 Å². The van der Waals surface area contributed by atoms with Crippen LogP contribution in [-0.2, 0) is 13.7 Å². The molecule has 0 saturated carbocycles. The fraction of sp³-hybridized carbons (Fsp3) is 0.136. The van der Waals surface area contributed by atoms with Crippen molar-refractivity contribution in [3.8, 4) is 28.3 Å². The molecule has 0 N–H and O–H groups in total. The summed E-state index contributed by atoms with van der Waals surface area (Å²) in [5.41, 5.74) is 6.35. The predicted molar refractivity (Wildman–Crippen MR) is 105 cm³/mol. The molecule has 0 atom stereocenters. The first kappa shape index (κ1) is 17.0. The average molecular weight is 356 g/mol. The number of aromatic nitrogens is 4. The Morgan fingerprint density at radius 2 is 1.70 bits per heavy atom. The molecular weight excluding hydrogens is 336 g/mol. The van der Waals surface area contributed by atoms with E-state index in [1.165, 1.54) is 5.56 Å². The van der Waals surface area contributed by atoms with E-state index in [9.17, 15) is 0 Å². The summed E-state index contributed by atoms with van der Waals surface area (Å²) in [4.78, 5) is 8.50. The molecule has 27 heavy (non-hydrogen) atoms. The molecule has 0 aliphatic heterocycles. The Morgan fingerprint density at radius 3 is 2.44 bits per heavy atom. The second-order valence-corrected chi connectivity index (χ2v) is 6.46. The lowest BCUT2D eigenvalue weighted by atomic mass is 10.1. The van der Waals surface area contributed by atoms with Gasteiger partial charge in [0.05, 0.1) is 11.3 Å². The van der Waals surface area contributed by atoms with E-state index in [4.69, 9.17) is 4.74 Å². The molecule has 0 bridgehead atoms. The summed E-state index contributed by atoms with van der Waals surface area (Å²) in [5, 5.41) is 4.44. The van der Waals surface area contributed by atoms with E-state index in [1.54, 1.807) is 17.1 Å². The lowest BCUT2D eigenvalue weighted by molar-refractivity contribution is 0.292. The van der Waals surface area contributed by atoms with Crippen LogP contribution in [0.4, 0.5) is 0 Å². The fourth-order valence-electron chi connectivity index (χ4n) is 2.92. The van der Waals surface area contributed by atoms with Gasteiger partial charge in [-0.1, -0.05) is 24.3 Å². The van der Waals surface area contributed by atoms with Gasteiger partial charge in [-0.15, -0.1) is 5.10 Å². The van der Waals surface area contributed by atoms with Gasteiger partial charge in [-0.25, -0.2) is 0 Å². The van der Waals surface area contributed by atoms with Crippen LogP contribution in [-0.4, -0.2) is 19.7 Å². The van der Waals surface area contributed by atoms with Crippen LogP contribution in [0.3, 0.4) is 0 Å². The minimum Gasteiger partial charge on any atom is -0.471 e. The Balaban J connectivity index is 1.50. The Labute approximate surface area is 158 Å². The molecule has 4 aromatic rings. The molecule has 1 aromatic carbocycles. The number of aryl methyl sites for hydroxylation is 2. The summed E-state index contributed by atoms with van der Waals surface area (Å²) in [6, 6.07) is 16.3. The van der Waals surface area contributed by atoms with Gasteiger partial charge in [-0.3, -0.25) is 14.6 Å². The van der Waals surface area contributed by atoms with Gasteiger partial charge in [0, 0.05) is 37.4 Å². The summed E-state index contributed by atoms with van der Waals surface area (Å²) in [7, 11) is 1.89. The topological polar surface area (TPSA) is 52.8 Å². The van der Waals surface area contributed by atoms with Gasteiger partial charge in [0.2, 0.25) is 5.88 Å². The number of hydrogen-bond acceptors (Lipinski definition) is 4. The van der Waals surface area contributed by atoms with Crippen molar-refractivity contribution < 1.29 is 4.74 Å². The molecule has 0 aliphatic rings. The first-order valence-corrected chi connectivity index (χ1v) is 8.78. The van der Waals surface area contributed by atoms with Crippen molar-refractivity contribution in [1.82, 2.24) is 19.7 Å². The maximum atomic E-state index is 6.00. The van der Waals surface area contributed by atoms with Gasteiger partial charge >= 0.3 is 0 Å². The van der Waals surface area contributed by atoms with Crippen molar-refractivity contribution >= 4 is 0 Å². The SMILES string of the molecule is Cc1ccnc(-c2ccc(COc3nn(C)cc3-c3ccncc3)cc2)c1. The van der Waals surface area contributed by atoms with Crippen molar-refractivity contribution in [2.24, 2.45) is 7.05 Å². The molecule has 0 spiro atoms. The Morgan fingerprint density at radius 1 is 0.926 bits per heavy atom. The van der Waals surface area contributed by atoms with Crippen LogP contribution in [0.15, 0.2) is 73.3 Å². The molecule has 5 heteroatoms. The molecule has 0 aliphatic carbocycles. The smallest absolute Gasteiger partial charge is 0.241 e. The largest absolute Gasteiger partial charge is 0.471 e. The van der Waals surface area contributed by atoms with Crippen molar-refractivity contribution in [2.75, 3.05) is 0 Å². The van der Waals surface area contributed by atoms with Gasteiger partial charge in [-0.05, 0) is 47.9 Å². The zero-order valence-electron chi connectivity index (χ0n) is 15.3. The van der Waals surface area contributed by atoms with E-state index in [0.29, 0.717) is 12.5 Å². The van der Waals surface area contributed by atoms with Crippen LogP contribution < -0.4 is 4.74 Å². The first-order valence-electron chi connectivity index (χ1n) is 8.78. The highest BCUT2D eigenvalue weighted by molar-refractivity contribution is 5.67. The van der Waals surface area contributed by atoms with Crippen LogP contribution in [0, 0.1) is 6.92 Å². The van der Waals surface area contributed by atoms with E-state index in [1.807, 2.05) is 37.6 Å². The van der Waals surface area contributed by atoms with Gasteiger partial charge < -0.3 is 4.74 Å². The summed E-state index contributed by atoms with van der Waals surface area (Å²) in [6.07, 6.45) is 7.33. The lowest BCUT2D eigenvalue weighted by Crippen LogP contribution is -1.98. The van der Waals surface area contributed by atoms with Crippen molar-refractivity contribution in [3.05, 3.63) is 84.4 Å². The van der Waals surface area contributed by atoms with Gasteiger partial charge in [0.15, 0.2) is 0 Å². The maximum absolute atomic E-state index is 6.00. The quantitative estimate of drug-likeness (QED) is 0.531. The summed E-state index contributed by atoms with van der Waals surface area (Å²) < 4.78 is 7.76. The Hall–Kier alpha value is -3.47. The molecule has 0 fully saturated rings. The zero-order valence-corrected chi connectivity index (χ0v) is 15.3. The first-order chi connectivity index (χ1) is 13.2. The number of benzene rings is 1. The second-order valence-electron chi connectivity index (χ2n) is 6.46. The van der Waals surface area contributed by atoms with Gasteiger partial charge in [-0.2, -0.15) is 0 Å². The molecule has 4 rings (SSSR count). The van der Waals surface area contributed by atoms with Crippen LogP contribution in [0.5, 0.6) is 5.88 Å². The highest BCUT2D eigenvalue weighted by Crippen LogP contribution is 2.28. The van der Waals surface area contributed by atoms with Crippen molar-refractivity contribution in [3.63, 3.8) is 0 Å². The van der Waals surface area contributed by atoms with Gasteiger partial charge in [0.1, 0.15) is 6.61 Å². The standard InChI is InChI=1S/C22H20N4O/c1-16-7-12-24-21(13-16)19-5-3-17(4-6-19)15-27-22-20(14-26(2)25-22)18-8-10-23-11-9-18/h3-14H,15H2,1-2H3. The highest BCUT2D eigenvalue weighted by atomic mass is 16.5. The summed E-state index contributed by atoms with van der Waals surface area (Å²) in [5.74, 6) is 0.619. The number of ether oxygens (including phenoxy) is 1. The van der Waals surface area contributed by atoms with E-state index in [2.05, 4.69) is 52.3 Å². The van der Waals surface area contributed by atoms with Gasteiger partial charge in [0.25, 0.3) is 0 Å². The number of hydrogen-bond donors (Lipinski definition) is 0. The van der Waals surface area contributed by atoms with E-state index < -0.39 is 0 Å². The average Bonchev–Trinajstić information content (AvgIpc) is 3.08. The minimum atomic E-state index is 0.455. The number of rotatable bonds is 5. The third-order valence-corrected chi connectivity index (χ3v) is 4.33. The Bertz CT molecular complexity index is 1040. The lowest BCUT2D eigenvalue weighted by Gasteiger charge is -2.07. The molecule has 0 unspecified atom stereocenters. The minimum absolute atomic E-state index is 0.455. The Kier molecular flexibility index (Phi) is 4.66. The van der Waals surface area contributed by atoms with Crippen LogP contribution in [0.2, 0.25) is 0 Å². The molecule has 5 nitrogen and oxygen atoms in total. The molecule has 3 aromatic heterocycles. The molecule has 3 heterocycles. The van der Waals surface area contributed by atoms with Crippen LogP contribution in [0.1, 0.15) is 11.1 Å². The van der Waals surface area contributed by atoms with Crippen molar-refractivity contribution in [2.45, 2.75) is 13.5 Å². The zero-order chi connectivity index (χ0) is 18.6. The molecule has 0 saturated heterocycles. The van der Waals surface area contributed by atoms with Crippen LogP contribution >= 0.6 is 0 Å². The second kappa shape index (κ2) is 7.41. The summed E-state index contributed by atoms with van der Waals surface area (Å²) >= 11 is 0.